The van der Waals surface area contributed by atoms with Gasteiger partial charge in [0.1, 0.15) is 5.70 Å². The molecule has 3 aliphatic heterocycles. The van der Waals surface area contributed by atoms with Gasteiger partial charge in [-0.25, -0.2) is 0 Å². The van der Waals surface area contributed by atoms with Crippen LogP contribution in [0.3, 0.4) is 0 Å². The zero-order valence-corrected chi connectivity index (χ0v) is 19.9. The predicted octanol–water partition coefficient (Wildman–Crippen LogP) is 3.18. The van der Waals surface area contributed by atoms with Gasteiger partial charge in [0.2, 0.25) is 0 Å². The van der Waals surface area contributed by atoms with Crippen molar-refractivity contribution in [1.82, 2.24) is 20.0 Å². The van der Waals surface area contributed by atoms with E-state index in [2.05, 4.69) is 45.3 Å². The highest BCUT2D eigenvalue weighted by molar-refractivity contribution is 6.03. The highest BCUT2D eigenvalue weighted by Gasteiger charge is 2.29. The molecule has 3 aliphatic rings. The van der Waals surface area contributed by atoms with Gasteiger partial charge >= 0.3 is 0 Å². The number of hydrogen-bond donors (Lipinski definition) is 2. The topological polar surface area (TPSA) is 50.9 Å². The van der Waals surface area contributed by atoms with Crippen LogP contribution in [0.25, 0.3) is 0 Å². The summed E-state index contributed by atoms with van der Waals surface area (Å²) in [7, 11) is 0. The summed E-state index contributed by atoms with van der Waals surface area (Å²) in [5.41, 5.74) is 2.63. The molecule has 1 unspecified atom stereocenters. The van der Waals surface area contributed by atoms with E-state index in [1.807, 2.05) is 43.3 Å². The van der Waals surface area contributed by atoms with Crippen molar-refractivity contribution >= 4 is 11.6 Å². The average molecular weight is 438 g/mol. The fourth-order valence-electron chi connectivity index (χ4n) is 5.07. The molecule has 6 nitrogen and oxygen atoms in total. The Kier molecular flexibility index (Phi) is 7.66. The summed E-state index contributed by atoms with van der Waals surface area (Å²) in [5.74, 6) is -0.0865. The fraction of sp³-hybridized carbons (Fsp3) is 0.577. The molecule has 1 aromatic rings. The van der Waals surface area contributed by atoms with Gasteiger partial charge in [-0.2, -0.15) is 0 Å². The molecule has 0 radical (unpaired) electrons. The third-order valence-electron chi connectivity index (χ3n) is 7.12. The van der Waals surface area contributed by atoms with Gasteiger partial charge in [-0.1, -0.05) is 23.8 Å². The number of nitrogens with zero attached hydrogens (tertiary/aromatic N) is 3. The minimum Gasteiger partial charge on any atom is -0.362 e. The Balaban J connectivity index is 1.28. The highest BCUT2D eigenvalue weighted by Crippen LogP contribution is 2.21. The van der Waals surface area contributed by atoms with Crippen LogP contribution < -0.4 is 10.6 Å². The van der Waals surface area contributed by atoms with Crippen LogP contribution in [0.1, 0.15) is 38.7 Å². The maximum Gasteiger partial charge on any atom is 0.271 e. The molecule has 32 heavy (non-hydrogen) atoms. The summed E-state index contributed by atoms with van der Waals surface area (Å²) in [6, 6.07) is 9.28. The van der Waals surface area contributed by atoms with Crippen LogP contribution in [0.4, 0.5) is 5.69 Å². The highest BCUT2D eigenvalue weighted by atomic mass is 16.2. The van der Waals surface area contributed by atoms with E-state index >= 15 is 0 Å². The molecule has 0 aromatic heterocycles. The van der Waals surface area contributed by atoms with Crippen molar-refractivity contribution in [2.45, 2.75) is 58.3 Å². The molecule has 2 N–H and O–H groups in total. The molecule has 174 valence electrons. The monoisotopic (exact) mass is 437 g/mol. The third-order valence-corrected chi connectivity index (χ3v) is 7.12. The van der Waals surface area contributed by atoms with Crippen LogP contribution in [-0.2, 0) is 4.79 Å². The van der Waals surface area contributed by atoms with Gasteiger partial charge in [0.05, 0.1) is 6.17 Å². The quantitative estimate of drug-likeness (QED) is 0.741. The van der Waals surface area contributed by atoms with Gasteiger partial charge in [-0.05, 0) is 84.0 Å². The van der Waals surface area contributed by atoms with E-state index in [0.29, 0.717) is 11.7 Å². The number of piperidine rings is 1. The zero-order chi connectivity index (χ0) is 22.5. The van der Waals surface area contributed by atoms with E-state index in [0.717, 1.165) is 31.4 Å². The van der Waals surface area contributed by atoms with Crippen LogP contribution in [0.5, 0.6) is 0 Å². The van der Waals surface area contributed by atoms with E-state index in [4.69, 9.17) is 0 Å². The Labute approximate surface area is 193 Å². The van der Waals surface area contributed by atoms with Gasteiger partial charge < -0.3 is 15.5 Å². The zero-order valence-electron chi connectivity index (χ0n) is 19.9. The molecule has 0 spiro atoms. The molecular weight excluding hydrogens is 398 g/mol. The molecule has 1 aromatic carbocycles. The van der Waals surface area contributed by atoms with Crippen LogP contribution in [0.2, 0.25) is 0 Å². The molecule has 2 fully saturated rings. The molecule has 0 bridgehead atoms. The lowest BCUT2D eigenvalue weighted by Crippen LogP contribution is -2.50. The van der Waals surface area contributed by atoms with E-state index in [1.54, 1.807) is 0 Å². The Bertz CT molecular complexity index is 823. The summed E-state index contributed by atoms with van der Waals surface area (Å²) in [6.07, 6.45) is 9.85. The van der Waals surface area contributed by atoms with E-state index in [1.165, 1.54) is 44.5 Å². The number of aryl methyl sites for hydroxylation is 1. The maximum absolute atomic E-state index is 12.8. The number of nitrogens with one attached hydrogen (secondary N) is 2. The Morgan fingerprint density at radius 2 is 1.69 bits per heavy atom. The van der Waals surface area contributed by atoms with E-state index < -0.39 is 0 Å². The average Bonchev–Trinajstić information content (AvgIpc) is 3.07. The second-order valence-corrected chi connectivity index (χ2v) is 9.66. The molecule has 0 aliphatic carbocycles. The van der Waals surface area contributed by atoms with Crippen LogP contribution in [0.15, 0.2) is 48.2 Å². The summed E-state index contributed by atoms with van der Waals surface area (Å²) < 4.78 is 0. The SMILES string of the molecule is Cc1ccc(NC(=O)C2=CC=CC(N3CCCN(C4CCN(C(C)C)CC4)CC3)N2)cc1. The largest absolute Gasteiger partial charge is 0.362 e. The van der Waals surface area contributed by atoms with Crippen molar-refractivity contribution < 1.29 is 4.79 Å². The maximum atomic E-state index is 12.8. The van der Waals surface area contributed by atoms with Crippen LogP contribution >= 0.6 is 0 Å². The van der Waals surface area contributed by atoms with E-state index in [-0.39, 0.29) is 12.1 Å². The normalized spacial score (nSPS) is 24.1. The summed E-state index contributed by atoms with van der Waals surface area (Å²) in [4.78, 5) is 20.6. The Morgan fingerprint density at radius 3 is 2.41 bits per heavy atom. The smallest absolute Gasteiger partial charge is 0.271 e. The van der Waals surface area contributed by atoms with Gasteiger partial charge in [-0.15, -0.1) is 0 Å². The van der Waals surface area contributed by atoms with Gasteiger partial charge in [0.25, 0.3) is 5.91 Å². The minimum atomic E-state index is -0.0865. The van der Waals surface area contributed by atoms with E-state index in [9.17, 15) is 4.79 Å². The first-order valence-corrected chi connectivity index (χ1v) is 12.2. The molecule has 4 rings (SSSR count). The van der Waals surface area contributed by atoms with Crippen molar-refractivity contribution in [2.24, 2.45) is 0 Å². The molecule has 2 saturated heterocycles. The van der Waals surface area contributed by atoms with Crippen LogP contribution in [-0.4, -0.2) is 78.1 Å². The number of carbonyl (C=O) groups is 1. The Morgan fingerprint density at radius 1 is 1.00 bits per heavy atom. The van der Waals surface area contributed by atoms with Crippen molar-refractivity contribution in [1.29, 1.82) is 0 Å². The lowest BCUT2D eigenvalue weighted by molar-refractivity contribution is -0.113. The van der Waals surface area contributed by atoms with Crippen LogP contribution in [0, 0.1) is 6.92 Å². The third kappa shape index (κ3) is 5.80. The second-order valence-electron chi connectivity index (χ2n) is 9.66. The van der Waals surface area contributed by atoms with Gasteiger partial charge in [-0.3, -0.25) is 14.6 Å². The lowest BCUT2D eigenvalue weighted by Gasteiger charge is -2.39. The van der Waals surface area contributed by atoms with Crippen molar-refractivity contribution in [2.75, 3.05) is 44.6 Å². The first kappa shape index (κ1) is 23.0. The number of dihydropyridines is 1. The second kappa shape index (κ2) is 10.6. The number of hydrogen-bond acceptors (Lipinski definition) is 5. The van der Waals surface area contributed by atoms with Crippen molar-refractivity contribution in [3.8, 4) is 0 Å². The van der Waals surface area contributed by atoms with Crippen molar-refractivity contribution in [3.63, 3.8) is 0 Å². The van der Waals surface area contributed by atoms with Crippen molar-refractivity contribution in [3.05, 3.63) is 53.8 Å². The predicted molar refractivity (Wildman–Crippen MR) is 131 cm³/mol. The molecule has 1 atom stereocenters. The number of anilines is 1. The molecule has 1 amide bonds. The first-order valence-electron chi connectivity index (χ1n) is 12.2. The number of amides is 1. The molecule has 6 heteroatoms. The summed E-state index contributed by atoms with van der Waals surface area (Å²) in [6.45, 7) is 13.5. The van der Waals surface area contributed by atoms with Gasteiger partial charge in [0.15, 0.2) is 0 Å². The summed E-state index contributed by atoms with van der Waals surface area (Å²) in [5, 5.41) is 6.46. The van der Waals surface area contributed by atoms with Gasteiger partial charge in [0, 0.05) is 37.4 Å². The Hall–Kier alpha value is -2.15. The first-order chi connectivity index (χ1) is 15.5. The number of carbonyl (C=O) groups excluding carboxylic acids is 1. The minimum absolute atomic E-state index is 0.0708. The summed E-state index contributed by atoms with van der Waals surface area (Å²) >= 11 is 0. The lowest BCUT2D eigenvalue weighted by atomic mass is 10.0. The fourth-order valence-corrected chi connectivity index (χ4v) is 5.07. The number of rotatable bonds is 5. The standard InChI is InChI=1S/C26H39N5O/c1-20(2)29-16-12-23(13-17-29)30-14-5-15-31(19-18-30)25-7-4-6-24(28-25)26(32)27-22-10-8-21(3)9-11-22/h4,6-11,20,23,25,28H,5,12-19H2,1-3H3,(H,27,32). The number of benzene rings is 1. The molecule has 3 heterocycles. The molecule has 0 saturated carbocycles. The number of likely N-dealkylation sites (tertiary alicyclic amines) is 1. The molecular formula is C26H39N5O. The number of allylic oxidation sites excluding steroid dienone is 2.